The SMILES string of the molecule is CC(C)N(C(=O)Oc1c(F)c(F)c(F)c(F)c1F)C(C(=O)[C@@H]1CCCN1C(=O)[C@H](C)NC(=O)[C@H](C)N)C(=O)C(F)(F)F. The molecular weight excluding hydrogens is 592 g/mol. The predicted molar refractivity (Wildman–Crippen MR) is 125 cm³/mol. The highest BCUT2D eigenvalue weighted by Gasteiger charge is 2.54. The van der Waals surface area contributed by atoms with Crippen LogP contribution in [0.2, 0.25) is 0 Å². The standard InChI is InChI=1S/C24H26F8N4O6/c1-8(2)36(23(41)42-19-15(28)13(26)12(25)14(27)16(19)29)17(20(38)24(30,31)32)18(37)11-6-5-7-35(11)22(40)10(4)34-21(39)9(3)33/h8-11,17H,5-7,33H2,1-4H3,(H,34,39)/t9-,10-,11-,17?/m0/s1. The van der Waals surface area contributed by atoms with Gasteiger partial charge in [-0.1, -0.05) is 0 Å². The maximum Gasteiger partial charge on any atom is 0.452 e. The summed E-state index contributed by atoms with van der Waals surface area (Å²) in [6.45, 7) is 4.22. The van der Waals surface area contributed by atoms with E-state index in [4.69, 9.17) is 5.73 Å². The number of amides is 3. The van der Waals surface area contributed by atoms with Crippen molar-refractivity contribution in [1.29, 1.82) is 0 Å². The van der Waals surface area contributed by atoms with Crippen molar-refractivity contribution in [2.45, 2.75) is 76.9 Å². The van der Waals surface area contributed by atoms with Crippen LogP contribution in [0.15, 0.2) is 0 Å². The van der Waals surface area contributed by atoms with Gasteiger partial charge in [0, 0.05) is 12.6 Å². The summed E-state index contributed by atoms with van der Waals surface area (Å²) in [6, 6.07) is -8.81. The molecule has 2 rings (SSSR count). The van der Waals surface area contributed by atoms with Gasteiger partial charge in [-0.05, 0) is 40.5 Å². The fourth-order valence-electron chi connectivity index (χ4n) is 4.14. The second kappa shape index (κ2) is 13.0. The topological polar surface area (TPSA) is 139 Å². The van der Waals surface area contributed by atoms with Crippen molar-refractivity contribution < 1.29 is 63.8 Å². The normalized spacial score (nSPS) is 17.5. The largest absolute Gasteiger partial charge is 0.452 e. The number of ketones is 2. The molecule has 1 aromatic rings. The zero-order chi connectivity index (χ0) is 32.4. The average molecular weight is 618 g/mol. The van der Waals surface area contributed by atoms with Gasteiger partial charge in [0.25, 0.3) is 5.78 Å². The molecule has 3 amide bonds. The Bertz CT molecular complexity index is 1240. The number of rotatable bonds is 9. The van der Waals surface area contributed by atoms with Gasteiger partial charge >= 0.3 is 12.3 Å². The average Bonchev–Trinajstić information content (AvgIpc) is 3.39. The smallest absolute Gasteiger partial charge is 0.404 e. The fourth-order valence-corrected chi connectivity index (χ4v) is 4.14. The van der Waals surface area contributed by atoms with E-state index in [1.54, 1.807) is 0 Å². The molecule has 1 heterocycles. The minimum atomic E-state index is -5.79. The molecule has 3 N–H and O–H groups in total. The van der Waals surface area contributed by atoms with Gasteiger partial charge in [-0.15, -0.1) is 0 Å². The van der Waals surface area contributed by atoms with Gasteiger partial charge in [0.1, 0.15) is 6.04 Å². The number of nitrogens with one attached hydrogen (secondary N) is 1. The summed E-state index contributed by atoms with van der Waals surface area (Å²) < 4.78 is 114. The van der Waals surface area contributed by atoms with Gasteiger partial charge in [0.2, 0.25) is 46.6 Å². The lowest BCUT2D eigenvalue weighted by Crippen LogP contribution is -2.61. The molecule has 234 valence electrons. The van der Waals surface area contributed by atoms with E-state index in [2.05, 4.69) is 10.1 Å². The molecule has 0 spiro atoms. The van der Waals surface area contributed by atoms with Crippen LogP contribution < -0.4 is 15.8 Å². The van der Waals surface area contributed by atoms with Gasteiger partial charge in [0.15, 0.2) is 11.8 Å². The van der Waals surface area contributed by atoms with Gasteiger partial charge in [-0.3, -0.25) is 24.1 Å². The van der Waals surface area contributed by atoms with Crippen LogP contribution >= 0.6 is 0 Å². The maximum atomic E-state index is 14.1. The van der Waals surface area contributed by atoms with Crippen LogP contribution in [0.5, 0.6) is 5.75 Å². The molecular formula is C24H26F8N4O6. The molecule has 10 nitrogen and oxygen atoms in total. The molecule has 1 saturated heterocycles. The monoisotopic (exact) mass is 618 g/mol. The third-order valence-electron chi connectivity index (χ3n) is 6.21. The predicted octanol–water partition coefficient (Wildman–Crippen LogP) is 2.50. The van der Waals surface area contributed by atoms with Gasteiger partial charge in [-0.2, -0.15) is 22.0 Å². The molecule has 1 aliphatic heterocycles. The Morgan fingerprint density at radius 3 is 1.88 bits per heavy atom. The number of benzene rings is 1. The van der Waals surface area contributed by atoms with E-state index < -0.39 is 101 Å². The first-order valence-corrected chi connectivity index (χ1v) is 12.3. The van der Waals surface area contributed by atoms with Gasteiger partial charge in [0.05, 0.1) is 12.1 Å². The highest BCUT2D eigenvalue weighted by molar-refractivity contribution is 6.13. The number of nitrogens with two attached hydrogens (primary N) is 1. The van der Waals surface area contributed by atoms with Crippen LogP contribution in [0.4, 0.5) is 39.9 Å². The molecule has 0 bridgehead atoms. The van der Waals surface area contributed by atoms with Crippen molar-refractivity contribution in [2.24, 2.45) is 5.73 Å². The molecule has 1 aromatic carbocycles. The minimum absolute atomic E-state index is 0.0414. The number of nitrogens with zero attached hydrogens (tertiary/aromatic N) is 2. The summed E-state index contributed by atoms with van der Waals surface area (Å²) in [7, 11) is 0. The Balaban J connectivity index is 2.54. The molecule has 4 atom stereocenters. The number of ether oxygens (including phenoxy) is 1. The summed E-state index contributed by atoms with van der Waals surface area (Å²) in [4.78, 5) is 64.3. The Labute approximate surface area is 233 Å². The lowest BCUT2D eigenvalue weighted by molar-refractivity contribution is -0.178. The Kier molecular flexibility index (Phi) is 10.6. The number of hydrogen-bond acceptors (Lipinski definition) is 7. The maximum absolute atomic E-state index is 14.1. The van der Waals surface area contributed by atoms with Crippen molar-refractivity contribution in [2.75, 3.05) is 6.54 Å². The molecule has 0 aromatic heterocycles. The fraction of sp³-hybridized carbons (Fsp3) is 0.542. The lowest BCUT2D eigenvalue weighted by Gasteiger charge is -2.36. The number of carbonyl (C=O) groups excluding carboxylic acids is 5. The van der Waals surface area contributed by atoms with Gasteiger partial charge in [-0.25, -0.2) is 18.0 Å². The zero-order valence-electron chi connectivity index (χ0n) is 22.5. The zero-order valence-corrected chi connectivity index (χ0v) is 22.5. The second-order valence-corrected chi connectivity index (χ2v) is 9.64. The molecule has 1 aliphatic rings. The first kappa shape index (κ1) is 34.4. The molecule has 1 unspecified atom stereocenters. The van der Waals surface area contributed by atoms with Crippen molar-refractivity contribution in [1.82, 2.24) is 15.1 Å². The van der Waals surface area contributed by atoms with Crippen LogP contribution in [-0.2, 0) is 19.2 Å². The highest BCUT2D eigenvalue weighted by atomic mass is 19.4. The summed E-state index contributed by atoms with van der Waals surface area (Å²) >= 11 is 0. The van der Waals surface area contributed by atoms with E-state index in [0.29, 0.717) is 0 Å². The first-order chi connectivity index (χ1) is 19.2. The molecule has 0 saturated carbocycles. The Morgan fingerprint density at radius 1 is 0.929 bits per heavy atom. The van der Waals surface area contributed by atoms with Crippen LogP contribution in [0.1, 0.15) is 40.5 Å². The first-order valence-electron chi connectivity index (χ1n) is 12.3. The van der Waals surface area contributed by atoms with E-state index in [9.17, 15) is 59.1 Å². The molecule has 0 aliphatic carbocycles. The van der Waals surface area contributed by atoms with Crippen molar-refractivity contribution >= 4 is 29.5 Å². The van der Waals surface area contributed by atoms with E-state index in [1.807, 2.05) is 0 Å². The number of Topliss-reactive ketones (excluding diaryl/α,β-unsaturated/α-hetero) is 2. The van der Waals surface area contributed by atoms with Crippen molar-refractivity contribution in [3.63, 3.8) is 0 Å². The Morgan fingerprint density at radius 2 is 1.43 bits per heavy atom. The van der Waals surface area contributed by atoms with E-state index in [1.165, 1.54) is 13.8 Å². The Hall–Kier alpha value is -3.83. The summed E-state index contributed by atoms with van der Waals surface area (Å²) in [5, 5.41) is 2.24. The number of halogens is 8. The molecule has 0 radical (unpaired) electrons. The summed E-state index contributed by atoms with van der Waals surface area (Å²) in [5.74, 6) is -21.4. The van der Waals surface area contributed by atoms with Crippen molar-refractivity contribution in [3.05, 3.63) is 29.1 Å². The molecule has 18 heteroatoms. The molecule has 42 heavy (non-hydrogen) atoms. The van der Waals surface area contributed by atoms with Crippen LogP contribution in [-0.4, -0.2) is 82.2 Å². The quantitative estimate of drug-likeness (QED) is 0.188. The third kappa shape index (κ3) is 6.96. The van der Waals surface area contributed by atoms with Crippen LogP contribution in [0, 0.1) is 29.1 Å². The van der Waals surface area contributed by atoms with E-state index >= 15 is 0 Å². The lowest BCUT2D eigenvalue weighted by atomic mass is 9.96. The third-order valence-corrected chi connectivity index (χ3v) is 6.21. The van der Waals surface area contributed by atoms with Crippen molar-refractivity contribution in [3.8, 4) is 5.75 Å². The summed E-state index contributed by atoms with van der Waals surface area (Å²) in [6.07, 6.45) is -8.28. The van der Waals surface area contributed by atoms with Crippen LogP contribution in [0.3, 0.4) is 0 Å². The number of alkyl halides is 3. The van der Waals surface area contributed by atoms with Crippen LogP contribution in [0.25, 0.3) is 0 Å². The molecule has 1 fully saturated rings. The number of hydrogen-bond donors (Lipinski definition) is 2. The second-order valence-electron chi connectivity index (χ2n) is 9.64. The highest BCUT2D eigenvalue weighted by Crippen LogP contribution is 2.32. The van der Waals surface area contributed by atoms with Gasteiger partial charge < -0.3 is 20.7 Å². The van der Waals surface area contributed by atoms with E-state index in [0.717, 1.165) is 18.7 Å². The number of likely N-dealkylation sites (tertiary alicyclic amines) is 1. The van der Waals surface area contributed by atoms with E-state index in [-0.39, 0.29) is 24.3 Å². The summed E-state index contributed by atoms with van der Waals surface area (Å²) in [5.41, 5.74) is 5.42. The number of carbonyl (C=O) groups is 5. The minimum Gasteiger partial charge on any atom is -0.404 e.